The molecule has 88 valence electrons. The number of rotatable bonds is 5. The number of ether oxygens (including phenoxy) is 2. The average Bonchev–Trinajstić information content (AvgIpc) is 2.26. The zero-order valence-electron chi connectivity index (χ0n) is 9.03. The van der Waals surface area contributed by atoms with E-state index in [-0.39, 0.29) is 17.9 Å². The number of hydrogen-bond donors (Lipinski definition) is 1. The van der Waals surface area contributed by atoms with E-state index in [0.29, 0.717) is 12.4 Å². The maximum absolute atomic E-state index is 11.9. The summed E-state index contributed by atoms with van der Waals surface area (Å²) >= 11 is 0. The molecule has 1 rings (SSSR count). The molecule has 1 aromatic carbocycles. The highest BCUT2D eigenvalue weighted by Gasteiger charge is 2.17. The van der Waals surface area contributed by atoms with Crippen LogP contribution in [-0.4, -0.2) is 25.9 Å². The third-order valence-corrected chi connectivity index (χ3v) is 1.87. The van der Waals surface area contributed by atoms with Crippen molar-refractivity contribution in [1.29, 1.82) is 0 Å². The Morgan fingerprint density at radius 2 is 2.25 bits per heavy atom. The van der Waals surface area contributed by atoms with Crippen LogP contribution in [0.3, 0.4) is 0 Å². The summed E-state index contributed by atoms with van der Waals surface area (Å²) < 4.78 is 21.8. The van der Waals surface area contributed by atoms with Crippen LogP contribution >= 0.6 is 0 Å². The quantitative estimate of drug-likeness (QED) is 0.615. The van der Waals surface area contributed by atoms with Gasteiger partial charge >= 0.3 is 5.97 Å². The van der Waals surface area contributed by atoms with Crippen LogP contribution in [-0.2, 0) is 4.74 Å². The summed E-state index contributed by atoms with van der Waals surface area (Å²) in [4.78, 5) is 11.6. The summed E-state index contributed by atoms with van der Waals surface area (Å²) in [5.74, 6) is -0.314. The zero-order chi connectivity index (χ0) is 12.0. The maximum Gasteiger partial charge on any atom is 0.344 e. The van der Waals surface area contributed by atoms with E-state index in [1.807, 2.05) is 0 Å². The molecule has 0 saturated carbocycles. The number of alkyl halides is 1. The van der Waals surface area contributed by atoms with Crippen LogP contribution in [0.5, 0.6) is 5.75 Å². The number of esters is 1. The van der Waals surface area contributed by atoms with Gasteiger partial charge in [-0.25, -0.2) is 9.18 Å². The third kappa shape index (κ3) is 2.85. The molecule has 0 aromatic heterocycles. The number of hydrogen-bond acceptors (Lipinski definition) is 4. The van der Waals surface area contributed by atoms with Crippen molar-refractivity contribution >= 4 is 11.7 Å². The fourth-order valence-corrected chi connectivity index (χ4v) is 1.25. The zero-order valence-corrected chi connectivity index (χ0v) is 9.03. The van der Waals surface area contributed by atoms with Crippen molar-refractivity contribution in [3.63, 3.8) is 0 Å². The van der Waals surface area contributed by atoms with Crippen molar-refractivity contribution in [3.8, 4) is 5.75 Å². The van der Waals surface area contributed by atoms with Gasteiger partial charge in [0.15, 0.2) is 0 Å². The molecule has 0 aliphatic heterocycles. The van der Waals surface area contributed by atoms with Gasteiger partial charge in [0.25, 0.3) is 0 Å². The Labute approximate surface area is 93.2 Å². The molecule has 4 nitrogen and oxygen atoms in total. The van der Waals surface area contributed by atoms with Crippen LogP contribution in [0.2, 0.25) is 0 Å². The number of halogens is 1. The molecule has 0 spiro atoms. The molecule has 0 amide bonds. The minimum atomic E-state index is -0.720. The van der Waals surface area contributed by atoms with Gasteiger partial charge in [0.05, 0.1) is 6.61 Å². The largest absolute Gasteiger partial charge is 0.493 e. The lowest BCUT2D eigenvalue weighted by atomic mass is 10.1. The van der Waals surface area contributed by atoms with Gasteiger partial charge in [-0.2, -0.15) is 0 Å². The Balaban J connectivity index is 2.95. The highest BCUT2D eigenvalue weighted by atomic mass is 19.1. The van der Waals surface area contributed by atoms with Gasteiger partial charge < -0.3 is 15.2 Å². The van der Waals surface area contributed by atoms with E-state index in [2.05, 4.69) is 4.74 Å². The molecule has 0 aliphatic rings. The monoisotopic (exact) mass is 227 g/mol. The molecule has 0 unspecified atom stereocenters. The van der Waals surface area contributed by atoms with Crippen molar-refractivity contribution < 1.29 is 18.7 Å². The van der Waals surface area contributed by atoms with Crippen molar-refractivity contribution in [2.75, 3.05) is 25.6 Å². The minimum Gasteiger partial charge on any atom is -0.493 e. The topological polar surface area (TPSA) is 61.5 Å². The van der Waals surface area contributed by atoms with Crippen LogP contribution in [0, 0.1) is 0 Å². The molecule has 16 heavy (non-hydrogen) atoms. The number of nitrogen functional groups attached to an aromatic ring is 1. The van der Waals surface area contributed by atoms with E-state index < -0.39 is 12.6 Å². The third-order valence-electron chi connectivity index (χ3n) is 1.87. The Hall–Kier alpha value is -1.78. The molecule has 2 N–H and O–H groups in total. The molecule has 0 aliphatic carbocycles. The molecule has 0 radical (unpaired) electrons. The standard InChI is InChI=1S/C11H14FNO3/c1-2-15-9-5-3-4-8(13)10(9)11(14)16-7-6-12/h3-5H,2,6-7,13H2,1H3. The molecule has 0 heterocycles. The van der Waals surface area contributed by atoms with Gasteiger partial charge in [-0.05, 0) is 19.1 Å². The minimum absolute atomic E-state index is 0.151. The lowest BCUT2D eigenvalue weighted by Gasteiger charge is -2.11. The fourth-order valence-electron chi connectivity index (χ4n) is 1.25. The molecule has 0 saturated heterocycles. The smallest absolute Gasteiger partial charge is 0.344 e. The normalized spacial score (nSPS) is 9.88. The van der Waals surface area contributed by atoms with E-state index >= 15 is 0 Å². The Bertz CT molecular complexity index is 368. The predicted molar refractivity (Wildman–Crippen MR) is 58.3 cm³/mol. The van der Waals surface area contributed by atoms with Gasteiger partial charge in [-0.15, -0.1) is 0 Å². The second kappa shape index (κ2) is 5.95. The summed E-state index contributed by atoms with van der Waals surface area (Å²) in [6.07, 6.45) is 0. The molecule has 1 aromatic rings. The highest BCUT2D eigenvalue weighted by Crippen LogP contribution is 2.25. The van der Waals surface area contributed by atoms with Gasteiger partial charge in [0.2, 0.25) is 0 Å². The van der Waals surface area contributed by atoms with Crippen LogP contribution < -0.4 is 10.5 Å². The van der Waals surface area contributed by atoms with Gasteiger partial charge in [0.1, 0.15) is 24.6 Å². The lowest BCUT2D eigenvalue weighted by Crippen LogP contribution is -2.12. The number of nitrogens with two attached hydrogens (primary N) is 1. The Morgan fingerprint density at radius 1 is 1.50 bits per heavy atom. The summed E-state index contributed by atoms with van der Waals surface area (Å²) in [6, 6.07) is 4.85. The number of carbonyl (C=O) groups is 1. The maximum atomic E-state index is 11.9. The summed E-state index contributed by atoms with van der Waals surface area (Å²) in [7, 11) is 0. The van der Waals surface area contributed by atoms with E-state index in [0.717, 1.165) is 0 Å². The summed E-state index contributed by atoms with van der Waals surface area (Å²) in [5.41, 5.74) is 6.06. The summed E-state index contributed by atoms with van der Waals surface area (Å²) in [5, 5.41) is 0. The van der Waals surface area contributed by atoms with Gasteiger partial charge in [0, 0.05) is 5.69 Å². The second-order valence-electron chi connectivity index (χ2n) is 2.98. The van der Waals surface area contributed by atoms with Gasteiger partial charge in [-0.1, -0.05) is 6.07 Å². The van der Waals surface area contributed by atoms with E-state index in [9.17, 15) is 9.18 Å². The first kappa shape index (κ1) is 12.3. The molecular formula is C11H14FNO3. The van der Waals surface area contributed by atoms with Gasteiger partial charge in [-0.3, -0.25) is 0 Å². The average molecular weight is 227 g/mol. The van der Waals surface area contributed by atoms with Crippen LogP contribution in [0.15, 0.2) is 18.2 Å². The molecule has 0 bridgehead atoms. The van der Waals surface area contributed by atoms with Crippen LogP contribution in [0.1, 0.15) is 17.3 Å². The molecule has 0 fully saturated rings. The number of carbonyl (C=O) groups excluding carboxylic acids is 1. The van der Waals surface area contributed by atoms with E-state index in [4.69, 9.17) is 10.5 Å². The Kier molecular flexibility index (Phi) is 4.57. The number of benzene rings is 1. The second-order valence-corrected chi connectivity index (χ2v) is 2.98. The first-order valence-corrected chi connectivity index (χ1v) is 4.95. The van der Waals surface area contributed by atoms with Crippen LogP contribution in [0.4, 0.5) is 10.1 Å². The van der Waals surface area contributed by atoms with E-state index in [1.165, 1.54) is 0 Å². The molecular weight excluding hydrogens is 213 g/mol. The van der Waals surface area contributed by atoms with Crippen LogP contribution in [0.25, 0.3) is 0 Å². The van der Waals surface area contributed by atoms with Crippen molar-refractivity contribution in [3.05, 3.63) is 23.8 Å². The van der Waals surface area contributed by atoms with E-state index in [1.54, 1.807) is 25.1 Å². The lowest BCUT2D eigenvalue weighted by molar-refractivity contribution is 0.0478. The first-order chi connectivity index (χ1) is 7.70. The molecule has 5 heteroatoms. The van der Waals surface area contributed by atoms with Crippen molar-refractivity contribution in [1.82, 2.24) is 0 Å². The predicted octanol–water partition coefficient (Wildman–Crippen LogP) is 1.79. The summed E-state index contributed by atoms with van der Waals surface area (Å²) in [6.45, 7) is 1.20. The fraction of sp³-hybridized carbons (Fsp3) is 0.364. The number of anilines is 1. The highest BCUT2D eigenvalue weighted by molar-refractivity contribution is 5.98. The Morgan fingerprint density at radius 3 is 2.88 bits per heavy atom. The van der Waals surface area contributed by atoms with Crippen molar-refractivity contribution in [2.45, 2.75) is 6.92 Å². The van der Waals surface area contributed by atoms with Crippen molar-refractivity contribution in [2.24, 2.45) is 0 Å². The SMILES string of the molecule is CCOc1cccc(N)c1C(=O)OCCF. The first-order valence-electron chi connectivity index (χ1n) is 4.95. The molecule has 0 atom stereocenters.